The molecule has 3 aromatic rings. The maximum atomic E-state index is 12.3. The molecular weight excluding hydrogens is 332 g/mol. The third kappa shape index (κ3) is 2.97. The number of allylic oxidation sites excluding steroid dienone is 2. The molecule has 0 aromatic heterocycles. The monoisotopic (exact) mass is 354 g/mol. The quantitative estimate of drug-likeness (QED) is 0.381. The highest BCUT2D eigenvalue weighted by molar-refractivity contribution is 6.20. The SMILES string of the molecule is CC(=O)C(=C(C)O)c1cccc2c1C(c1ccccc1)c1ccccc1C2. The number of benzene rings is 3. The highest BCUT2D eigenvalue weighted by Crippen LogP contribution is 2.44. The fraction of sp³-hybridized carbons (Fsp3) is 0.160. The van der Waals surface area contributed by atoms with E-state index in [0.29, 0.717) is 5.57 Å². The molecule has 0 bridgehead atoms. The topological polar surface area (TPSA) is 37.3 Å². The number of carbonyl (C=O) groups is 1. The first-order chi connectivity index (χ1) is 13.1. The number of hydrogen-bond donors (Lipinski definition) is 1. The van der Waals surface area contributed by atoms with Crippen LogP contribution in [0.1, 0.15) is 53.1 Å². The Hall–Kier alpha value is -3.13. The zero-order valence-electron chi connectivity index (χ0n) is 15.6. The number of Topliss-reactive ketones (excluding diaryl/α,β-unsaturated/α-hetero) is 1. The molecule has 0 saturated heterocycles. The molecule has 27 heavy (non-hydrogen) atoms. The van der Waals surface area contributed by atoms with Gasteiger partial charge < -0.3 is 5.11 Å². The van der Waals surface area contributed by atoms with Gasteiger partial charge in [0, 0.05) is 5.92 Å². The van der Waals surface area contributed by atoms with Crippen molar-refractivity contribution in [2.45, 2.75) is 26.2 Å². The minimum absolute atomic E-state index is 0.0380. The molecule has 134 valence electrons. The molecular formula is C25H22O2. The van der Waals surface area contributed by atoms with Crippen molar-refractivity contribution in [2.24, 2.45) is 0 Å². The molecule has 2 nitrogen and oxygen atoms in total. The van der Waals surface area contributed by atoms with E-state index in [-0.39, 0.29) is 17.5 Å². The Kier molecular flexibility index (Phi) is 4.41. The summed E-state index contributed by atoms with van der Waals surface area (Å²) < 4.78 is 0. The lowest BCUT2D eigenvalue weighted by atomic mass is 9.72. The van der Waals surface area contributed by atoms with Gasteiger partial charge in [0.15, 0.2) is 5.78 Å². The maximum absolute atomic E-state index is 12.3. The molecule has 0 aliphatic heterocycles. The van der Waals surface area contributed by atoms with Crippen LogP contribution in [0.4, 0.5) is 0 Å². The zero-order chi connectivity index (χ0) is 19.0. The van der Waals surface area contributed by atoms with E-state index in [9.17, 15) is 9.90 Å². The third-order valence-corrected chi connectivity index (χ3v) is 5.35. The van der Waals surface area contributed by atoms with Crippen LogP contribution in [0.2, 0.25) is 0 Å². The van der Waals surface area contributed by atoms with Crippen molar-refractivity contribution in [2.75, 3.05) is 0 Å². The van der Waals surface area contributed by atoms with Gasteiger partial charge in [-0.05, 0) is 53.6 Å². The van der Waals surface area contributed by atoms with Crippen molar-refractivity contribution < 1.29 is 9.90 Å². The van der Waals surface area contributed by atoms with Gasteiger partial charge in [-0.2, -0.15) is 0 Å². The molecule has 4 rings (SSSR count). The average molecular weight is 354 g/mol. The first kappa shape index (κ1) is 17.3. The Labute approximate surface area is 159 Å². The lowest BCUT2D eigenvalue weighted by Crippen LogP contribution is -2.18. The van der Waals surface area contributed by atoms with Crippen LogP contribution in [0.25, 0.3) is 5.57 Å². The van der Waals surface area contributed by atoms with Gasteiger partial charge >= 0.3 is 0 Å². The van der Waals surface area contributed by atoms with E-state index in [4.69, 9.17) is 0 Å². The summed E-state index contributed by atoms with van der Waals surface area (Å²) in [5, 5.41) is 10.2. The number of rotatable bonds is 3. The Morgan fingerprint density at radius 2 is 1.52 bits per heavy atom. The van der Waals surface area contributed by atoms with Gasteiger partial charge in [0.25, 0.3) is 0 Å². The van der Waals surface area contributed by atoms with Gasteiger partial charge in [-0.3, -0.25) is 4.79 Å². The summed E-state index contributed by atoms with van der Waals surface area (Å²) in [5.74, 6) is -0.00769. The molecule has 1 unspecified atom stereocenters. The van der Waals surface area contributed by atoms with Crippen LogP contribution in [-0.4, -0.2) is 10.9 Å². The largest absolute Gasteiger partial charge is 0.512 e. The molecule has 1 aliphatic carbocycles. The fourth-order valence-corrected chi connectivity index (χ4v) is 4.29. The number of hydrogen-bond acceptors (Lipinski definition) is 2. The van der Waals surface area contributed by atoms with E-state index in [1.54, 1.807) is 6.92 Å². The Morgan fingerprint density at radius 3 is 2.22 bits per heavy atom. The van der Waals surface area contributed by atoms with Gasteiger partial charge in [-0.15, -0.1) is 0 Å². The second-order valence-corrected chi connectivity index (χ2v) is 7.11. The Balaban J connectivity index is 2.05. The number of ketones is 1. The Bertz CT molecular complexity index is 1040. The lowest BCUT2D eigenvalue weighted by Gasteiger charge is -2.31. The van der Waals surface area contributed by atoms with E-state index in [2.05, 4.69) is 42.5 Å². The third-order valence-electron chi connectivity index (χ3n) is 5.35. The van der Waals surface area contributed by atoms with Gasteiger partial charge in [0.2, 0.25) is 0 Å². The van der Waals surface area contributed by atoms with Crippen molar-refractivity contribution in [1.82, 2.24) is 0 Å². The summed E-state index contributed by atoms with van der Waals surface area (Å²) in [5.41, 5.74) is 7.35. The molecule has 0 saturated carbocycles. The second-order valence-electron chi connectivity index (χ2n) is 7.11. The molecule has 1 N–H and O–H groups in total. The summed E-state index contributed by atoms with van der Waals surface area (Å²) in [6, 6.07) is 25.0. The average Bonchev–Trinajstić information content (AvgIpc) is 2.66. The maximum Gasteiger partial charge on any atom is 0.163 e. The predicted molar refractivity (Wildman–Crippen MR) is 109 cm³/mol. The van der Waals surface area contributed by atoms with Gasteiger partial charge in [0.05, 0.1) is 5.57 Å². The zero-order valence-corrected chi connectivity index (χ0v) is 15.6. The highest BCUT2D eigenvalue weighted by Gasteiger charge is 2.30. The first-order valence-corrected chi connectivity index (χ1v) is 9.23. The van der Waals surface area contributed by atoms with Crippen molar-refractivity contribution in [3.05, 3.63) is 112 Å². The van der Waals surface area contributed by atoms with E-state index >= 15 is 0 Å². The van der Waals surface area contributed by atoms with Crippen LogP contribution in [0.5, 0.6) is 0 Å². The van der Waals surface area contributed by atoms with Crippen LogP contribution in [-0.2, 0) is 11.2 Å². The fourth-order valence-electron chi connectivity index (χ4n) is 4.29. The summed E-state index contributed by atoms with van der Waals surface area (Å²) in [6.07, 6.45) is 0.832. The van der Waals surface area contributed by atoms with E-state index < -0.39 is 0 Å². The number of aliphatic hydroxyl groups excluding tert-OH is 1. The number of fused-ring (bicyclic) bond motifs is 2. The summed E-state index contributed by atoms with van der Waals surface area (Å²) >= 11 is 0. The second kappa shape index (κ2) is 6.88. The first-order valence-electron chi connectivity index (χ1n) is 9.23. The summed E-state index contributed by atoms with van der Waals surface area (Å²) in [7, 11) is 0. The lowest BCUT2D eigenvalue weighted by molar-refractivity contribution is -0.111. The number of aliphatic hydroxyl groups is 1. The van der Waals surface area contributed by atoms with E-state index in [1.807, 2.05) is 30.3 Å². The predicted octanol–water partition coefficient (Wildman–Crippen LogP) is 5.65. The van der Waals surface area contributed by atoms with Crippen molar-refractivity contribution in [3.63, 3.8) is 0 Å². The molecule has 1 aliphatic rings. The standard InChI is InChI=1S/C25H22O2/c1-16(26)23(17(2)27)22-14-8-12-20-15-19-11-6-7-13-21(19)24(25(20)22)18-9-4-3-5-10-18/h3-14,24,26H,15H2,1-2H3. The van der Waals surface area contributed by atoms with Crippen LogP contribution >= 0.6 is 0 Å². The molecule has 3 aromatic carbocycles. The van der Waals surface area contributed by atoms with Crippen LogP contribution in [0.3, 0.4) is 0 Å². The number of carbonyl (C=O) groups excluding carboxylic acids is 1. The van der Waals surface area contributed by atoms with Crippen LogP contribution in [0.15, 0.2) is 78.6 Å². The molecule has 0 heterocycles. The van der Waals surface area contributed by atoms with Crippen LogP contribution < -0.4 is 0 Å². The van der Waals surface area contributed by atoms with E-state index in [0.717, 1.165) is 17.5 Å². The molecule has 0 fully saturated rings. The minimum Gasteiger partial charge on any atom is -0.512 e. The van der Waals surface area contributed by atoms with Gasteiger partial charge in [0.1, 0.15) is 5.76 Å². The molecule has 1 atom stereocenters. The summed E-state index contributed by atoms with van der Waals surface area (Å²) in [4.78, 5) is 12.3. The highest BCUT2D eigenvalue weighted by atomic mass is 16.3. The van der Waals surface area contributed by atoms with E-state index in [1.165, 1.54) is 29.2 Å². The van der Waals surface area contributed by atoms with Crippen molar-refractivity contribution in [3.8, 4) is 0 Å². The van der Waals surface area contributed by atoms with Crippen molar-refractivity contribution in [1.29, 1.82) is 0 Å². The van der Waals surface area contributed by atoms with Gasteiger partial charge in [-0.25, -0.2) is 0 Å². The molecule has 2 heteroatoms. The normalized spacial score (nSPS) is 16.1. The Morgan fingerprint density at radius 1 is 0.852 bits per heavy atom. The molecule has 0 spiro atoms. The summed E-state index contributed by atoms with van der Waals surface area (Å²) in [6.45, 7) is 3.10. The molecule has 0 amide bonds. The smallest absolute Gasteiger partial charge is 0.163 e. The van der Waals surface area contributed by atoms with Crippen LogP contribution in [0, 0.1) is 0 Å². The minimum atomic E-state index is -0.117. The van der Waals surface area contributed by atoms with Crippen molar-refractivity contribution >= 4 is 11.4 Å². The molecule has 0 radical (unpaired) electrons. The van der Waals surface area contributed by atoms with Gasteiger partial charge in [-0.1, -0.05) is 72.8 Å².